The molecule has 1 aliphatic rings. The van der Waals surface area contributed by atoms with Gasteiger partial charge in [0.25, 0.3) is 0 Å². The molecule has 0 aliphatic carbocycles. The van der Waals surface area contributed by atoms with Crippen molar-refractivity contribution in [1.82, 2.24) is 14.7 Å². The predicted molar refractivity (Wildman–Crippen MR) is 90.4 cm³/mol. The number of aromatic nitrogens is 2. The van der Waals surface area contributed by atoms with Gasteiger partial charge in [0, 0.05) is 25.4 Å². The van der Waals surface area contributed by atoms with Crippen LogP contribution in [0, 0.1) is 13.8 Å². The SMILES string of the molecule is Cc1nn(C)c(C)c1CC(=O)N(C)CC1COc2ccccc2O1. The smallest absolute Gasteiger partial charge is 0.227 e. The third kappa shape index (κ3) is 3.22. The van der Waals surface area contributed by atoms with Gasteiger partial charge in [0.05, 0.1) is 18.7 Å². The van der Waals surface area contributed by atoms with E-state index in [2.05, 4.69) is 5.10 Å². The van der Waals surface area contributed by atoms with Crippen molar-refractivity contribution < 1.29 is 14.3 Å². The third-order valence-corrected chi connectivity index (χ3v) is 4.46. The first-order valence-corrected chi connectivity index (χ1v) is 8.07. The van der Waals surface area contributed by atoms with Crippen molar-refractivity contribution in [3.05, 3.63) is 41.2 Å². The summed E-state index contributed by atoms with van der Waals surface area (Å²) in [4.78, 5) is 14.2. The van der Waals surface area contributed by atoms with Crippen LogP contribution < -0.4 is 9.47 Å². The first kappa shape index (κ1) is 16.4. The number of aryl methyl sites for hydroxylation is 2. The lowest BCUT2D eigenvalue weighted by atomic mass is 10.1. The van der Waals surface area contributed by atoms with E-state index in [9.17, 15) is 4.79 Å². The second kappa shape index (κ2) is 6.55. The van der Waals surface area contributed by atoms with Gasteiger partial charge in [0.1, 0.15) is 6.61 Å². The van der Waals surface area contributed by atoms with Gasteiger partial charge < -0.3 is 14.4 Å². The lowest BCUT2D eigenvalue weighted by Gasteiger charge is -2.29. The Labute approximate surface area is 142 Å². The maximum absolute atomic E-state index is 12.5. The first-order chi connectivity index (χ1) is 11.5. The normalized spacial score (nSPS) is 16.1. The zero-order valence-electron chi connectivity index (χ0n) is 14.6. The highest BCUT2D eigenvalue weighted by atomic mass is 16.6. The average Bonchev–Trinajstić information content (AvgIpc) is 2.81. The fourth-order valence-electron chi connectivity index (χ4n) is 2.92. The minimum absolute atomic E-state index is 0.0525. The maximum atomic E-state index is 12.5. The van der Waals surface area contributed by atoms with Crippen LogP contribution in [0.1, 0.15) is 17.0 Å². The number of fused-ring (bicyclic) bond motifs is 1. The molecule has 1 aliphatic heterocycles. The van der Waals surface area contributed by atoms with Crippen LogP contribution in [-0.2, 0) is 18.3 Å². The van der Waals surface area contributed by atoms with Crippen molar-refractivity contribution >= 4 is 5.91 Å². The van der Waals surface area contributed by atoms with Gasteiger partial charge in [-0.25, -0.2) is 0 Å². The molecule has 1 unspecified atom stereocenters. The number of nitrogens with zero attached hydrogens (tertiary/aromatic N) is 3. The summed E-state index contributed by atoms with van der Waals surface area (Å²) in [5.74, 6) is 1.54. The van der Waals surface area contributed by atoms with E-state index < -0.39 is 0 Å². The quantitative estimate of drug-likeness (QED) is 0.859. The van der Waals surface area contributed by atoms with Crippen LogP contribution in [0.4, 0.5) is 0 Å². The Kier molecular flexibility index (Phi) is 4.46. The zero-order valence-corrected chi connectivity index (χ0v) is 14.6. The minimum atomic E-state index is -0.162. The molecule has 0 saturated heterocycles. The molecule has 128 valence electrons. The van der Waals surface area contributed by atoms with Crippen molar-refractivity contribution in [3.8, 4) is 11.5 Å². The van der Waals surface area contributed by atoms with E-state index in [4.69, 9.17) is 9.47 Å². The van der Waals surface area contributed by atoms with Crippen LogP contribution in [0.25, 0.3) is 0 Å². The molecule has 1 atom stereocenters. The van der Waals surface area contributed by atoms with Crippen molar-refractivity contribution in [1.29, 1.82) is 0 Å². The average molecular weight is 329 g/mol. The van der Waals surface area contributed by atoms with Crippen molar-refractivity contribution in [2.75, 3.05) is 20.2 Å². The molecule has 6 heteroatoms. The molecule has 0 saturated carbocycles. The fraction of sp³-hybridized carbons (Fsp3) is 0.444. The van der Waals surface area contributed by atoms with Crippen LogP contribution in [0.2, 0.25) is 0 Å². The monoisotopic (exact) mass is 329 g/mol. The molecule has 0 fully saturated rings. The molecule has 1 aromatic carbocycles. The molecule has 0 spiro atoms. The summed E-state index contributed by atoms with van der Waals surface area (Å²) >= 11 is 0. The lowest BCUT2D eigenvalue weighted by Crippen LogP contribution is -2.42. The highest BCUT2D eigenvalue weighted by Gasteiger charge is 2.24. The Morgan fingerprint density at radius 1 is 1.33 bits per heavy atom. The van der Waals surface area contributed by atoms with Crippen LogP contribution in [0.15, 0.2) is 24.3 Å². The van der Waals surface area contributed by atoms with Gasteiger partial charge in [-0.3, -0.25) is 9.48 Å². The van der Waals surface area contributed by atoms with E-state index in [0.717, 1.165) is 28.5 Å². The Bertz CT molecular complexity index is 754. The van der Waals surface area contributed by atoms with Gasteiger partial charge in [-0.2, -0.15) is 5.10 Å². The molecule has 0 bridgehead atoms. The highest BCUT2D eigenvalue weighted by Crippen LogP contribution is 2.31. The molecule has 1 amide bonds. The van der Waals surface area contributed by atoms with Gasteiger partial charge in [-0.15, -0.1) is 0 Å². The fourth-order valence-corrected chi connectivity index (χ4v) is 2.92. The zero-order chi connectivity index (χ0) is 17.3. The van der Waals surface area contributed by atoms with Gasteiger partial charge in [-0.05, 0) is 26.0 Å². The number of ether oxygens (including phenoxy) is 2. The second-order valence-electron chi connectivity index (χ2n) is 6.22. The summed E-state index contributed by atoms with van der Waals surface area (Å²) in [7, 11) is 3.69. The van der Waals surface area contributed by atoms with Gasteiger partial charge in [-0.1, -0.05) is 12.1 Å². The van der Waals surface area contributed by atoms with E-state index >= 15 is 0 Å². The maximum Gasteiger partial charge on any atom is 0.227 e. The number of para-hydroxylation sites is 2. The van der Waals surface area contributed by atoms with Gasteiger partial charge >= 0.3 is 0 Å². The molecular weight excluding hydrogens is 306 g/mol. The number of rotatable bonds is 4. The van der Waals surface area contributed by atoms with E-state index in [1.165, 1.54) is 0 Å². The number of likely N-dealkylation sites (N-methyl/N-ethyl adjacent to an activating group) is 1. The summed E-state index contributed by atoms with van der Waals surface area (Å²) in [6.45, 7) is 4.85. The van der Waals surface area contributed by atoms with Gasteiger partial charge in [0.15, 0.2) is 17.6 Å². The number of hydrogen-bond acceptors (Lipinski definition) is 4. The number of carbonyl (C=O) groups excluding carboxylic acids is 1. The molecule has 3 rings (SSSR count). The summed E-state index contributed by atoms with van der Waals surface area (Å²) in [6.07, 6.45) is 0.191. The summed E-state index contributed by atoms with van der Waals surface area (Å²) in [5.41, 5.74) is 2.93. The second-order valence-corrected chi connectivity index (χ2v) is 6.22. The highest BCUT2D eigenvalue weighted by molar-refractivity contribution is 5.79. The summed E-state index contributed by atoms with van der Waals surface area (Å²) < 4.78 is 13.4. The Morgan fingerprint density at radius 2 is 2.04 bits per heavy atom. The molecule has 1 aromatic heterocycles. The molecule has 2 aromatic rings. The van der Waals surface area contributed by atoms with Crippen molar-refractivity contribution in [2.45, 2.75) is 26.4 Å². The van der Waals surface area contributed by atoms with Crippen LogP contribution in [0.3, 0.4) is 0 Å². The van der Waals surface area contributed by atoms with E-state index in [1.807, 2.05) is 49.8 Å². The molecule has 6 nitrogen and oxygen atoms in total. The molecule has 0 N–H and O–H groups in total. The van der Waals surface area contributed by atoms with Crippen molar-refractivity contribution in [2.24, 2.45) is 7.05 Å². The van der Waals surface area contributed by atoms with Crippen LogP contribution >= 0.6 is 0 Å². The number of benzene rings is 1. The number of hydrogen-bond donors (Lipinski definition) is 0. The van der Waals surface area contributed by atoms with E-state index in [-0.39, 0.29) is 12.0 Å². The summed E-state index contributed by atoms with van der Waals surface area (Å²) in [5, 5.41) is 4.36. The van der Waals surface area contributed by atoms with Crippen LogP contribution in [0.5, 0.6) is 11.5 Å². The van der Waals surface area contributed by atoms with E-state index in [1.54, 1.807) is 11.9 Å². The molecule has 24 heavy (non-hydrogen) atoms. The summed E-state index contributed by atoms with van der Waals surface area (Å²) in [6, 6.07) is 7.59. The van der Waals surface area contributed by atoms with E-state index in [0.29, 0.717) is 19.6 Å². The Morgan fingerprint density at radius 3 is 2.71 bits per heavy atom. The van der Waals surface area contributed by atoms with Gasteiger partial charge in [0.2, 0.25) is 5.91 Å². The molecular formula is C18H23N3O3. The largest absolute Gasteiger partial charge is 0.486 e. The minimum Gasteiger partial charge on any atom is -0.486 e. The molecule has 2 heterocycles. The standard InChI is InChI=1S/C18H23N3O3/c1-12-15(13(2)21(4)19-12)9-18(22)20(3)10-14-11-23-16-7-5-6-8-17(16)24-14/h5-8,14H,9-11H2,1-4H3. The predicted octanol–water partition coefficient (Wildman–Crippen LogP) is 1.88. The first-order valence-electron chi connectivity index (χ1n) is 8.07. The Balaban J connectivity index is 1.61. The van der Waals surface area contributed by atoms with Crippen LogP contribution in [-0.4, -0.2) is 46.9 Å². The Hall–Kier alpha value is -2.50. The number of carbonyl (C=O) groups is 1. The topological polar surface area (TPSA) is 56.6 Å². The third-order valence-electron chi connectivity index (χ3n) is 4.46. The van der Waals surface area contributed by atoms with Crippen molar-refractivity contribution in [3.63, 3.8) is 0 Å². The lowest BCUT2D eigenvalue weighted by molar-refractivity contribution is -0.130. The molecule has 0 radical (unpaired) electrons. The number of amides is 1.